The SMILES string of the molecule is COc1ccc(CC[NH2+]C[C@@H]2C(=O)O[C@@H]3CC4=CCC[C@H](C)[C@@]4(C)[C@@H](O)[C@H]23)cc1OC. The van der Waals surface area contributed by atoms with Gasteiger partial charge in [0.2, 0.25) is 0 Å². The molecule has 6 heteroatoms. The molecule has 4 rings (SSSR count). The monoisotopic (exact) mass is 430 g/mol. The highest BCUT2D eigenvalue weighted by molar-refractivity contribution is 5.76. The van der Waals surface area contributed by atoms with Crippen molar-refractivity contribution in [3.05, 3.63) is 35.4 Å². The molecule has 1 heterocycles. The molecule has 1 saturated heterocycles. The number of fused-ring (bicyclic) bond motifs is 2. The van der Waals surface area contributed by atoms with E-state index in [1.54, 1.807) is 14.2 Å². The second-order valence-corrected chi connectivity index (χ2v) is 9.55. The summed E-state index contributed by atoms with van der Waals surface area (Å²) in [6, 6.07) is 5.96. The summed E-state index contributed by atoms with van der Waals surface area (Å²) in [5, 5.41) is 13.6. The number of nitrogens with two attached hydrogens (primary N) is 1. The number of quaternary nitrogens is 1. The number of methoxy groups -OCH3 is 2. The molecule has 3 N–H and O–H groups in total. The van der Waals surface area contributed by atoms with Crippen molar-refractivity contribution in [1.29, 1.82) is 0 Å². The number of rotatable bonds is 7. The van der Waals surface area contributed by atoms with Crippen LogP contribution in [0, 0.1) is 23.2 Å². The van der Waals surface area contributed by atoms with Crippen LogP contribution in [0.2, 0.25) is 0 Å². The predicted octanol–water partition coefficient (Wildman–Crippen LogP) is 2.09. The Morgan fingerprint density at radius 2 is 2.03 bits per heavy atom. The topological polar surface area (TPSA) is 81.6 Å². The molecular weight excluding hydrogens is 394 g/mol. The second-order valence-electron chi connectivity index (χ2n) is 9.55. The fourth-order valence-corrected chi connectivity index (χ4v) is 5.93. The molecule has 0 aromatic heterocycles. The van der Waals surface area contributed by atoms with E-state index < -0.39 is 6.10 Å². The van der Waals surface area contributed by atoms with Crippen LogP contribution >= 0.6 is 0 Å². The molecule has 0 amide bonds. The zero-order valence-electron chi connectivity index (χ0n) is 19.1. The third-order valence-electron chi connectivity index (χ3n) is 8.08. The number of aliphatic hydroxyl groups excluding tert-OH is 1. The number of hydrogen-bond acceptors (Lipinski definition) is 5. The van der Waals surface area contributed by atoms with E-state index in [0.29, 0.717) is 12.5 Å². The molecule has 0 spiro atoms. The maximum absolute atomic E-state index is 12.7. The van der Waals surface area contributed by atoms with Gasteiger partial charge in [0, 0.05) is 24.2 Å². The van der Waals surface area contributed by atoms with Gasteiger partial charge >= 0.3 is 5.97 Å². The average molecular weight is 431 g/mol. The first-order valence-corrected chi connectivity index (χ1v) is 11.5. The molecule has 2 fully saturated rings. The van der Waals surface area contributed by atoms with Crippen LogP contribution < -0.4 is 14.8 Å². The molecule has 31 heavy (non-hydrogen) atoms. The van der Waals surface area contributed by atoms with E-state index in [-0.39, 0.29) is 29.3 Å². The number of carbonyl (C=O) groups is 1. The van der Waals surface area contributed by atoms with Crippen molar-refractivity contribution in [3.63, 3.8) is 0 Å². The lowest BCUT2D eigenvalue weighted by Gasteiger charge is -2.51. The minimum absolute atomic E-state index is 0.118. The summed E-state index contributed by atoms with van der Waals surface area (Å²) in [7, 11) is 3.27. The molecular formula is C25H36NO5+. The Balaban J connectivity index is 1.39. The van der Waals surface area contributed by atoms with Gasteiger partial charge < -0.3 is 24.6 Å². The lowest BCUT2D eigenvalue weighted by molar-refractivity contribution is -0.659. The molecule has 3 aliphatic rings. The van der Waals surface area contributed by atoms with Crippen LogP contribution in [0.1, 0.15) is 38.7 Å². The van der Waals surface area contributed by atoms with Crippen LogP contribution in [0.5, 0.6) is 11.5 Å². The Labute approximate surface area is 185 Å². The van der Waals surface area contributed by atoms with Gasteiger partial charge in [0.05, 0.1) is 33.4 Å². The maximum Gasteiger partial charge on any atom is 0.315 e. The number of ether oxygens (including phenoxy) is 3. The molecule has 1 saturated carbocycles. The van der Waals surface area contributed by atoms with Gasteiger partial charge in [-0.1, -0.05) is 31.6 Å². The van der Waals surface area contributed by atoms with Crippen LogP contribution in [0.3, 0.4) is 0 Å². The summed E-state index contributed by atoms with van der Waals surface area (Å²) in [5.41, 5.74) is 2.20. The molecule has 0 bridgehead atoms. The van der Waals surface area contributed by atoms with E-state index in [1.807, 2.05) is 18.2 Å². The van der Waals surface area contributed by atoms with Crippen LogP contribution in [0.15, 0.2) is 29.8 Å². The summed E-state index contributed by atoms with van der Waals surface area (Å²) in [6.07, 6.45) is 5.33. The zero-order valence-corrected chi connectivity index (χ0v) is 19.1. The van der Waals surface area contributed by atoms with Gasteiger partial charge in [-0.25, -0.2) is 0 Å². The minimum Gasteiger partial charge on any atom is -0.493 e. The second kappa shape index (κ2) is 8.83. The number of carbonyl (C=O) groups excluding carboxylic acids is 1. The lowest BCUT2D eigenvalue weighted by Crippen LogP contribution is -2.86. The Bertz CT molecular complexity index is 852. The molecule has 1 aromatic rings. The van der Waals surface area contributed by atoms with Gasteiger partial charge in [0.1, 0.15) is 12.0 Å². The fourth-order valence-electron chi connectivity index (χ4n) is 5.93. The highest BCUT2D eigenvalue weighted by atomic mass is 16.6. The van der Waals surface area contributed by atoms with Crippen LogP contribution in [-0.2, 0) is 16.0 Å². The van der Waals surface area contributed by atoms with Crippen molar-refractivity contribution in [2.45, 2.75) is 51.7 Å². The first-order valence-electron chi connectivity index (χ1n) is 11.5. The van der Waals surface area contributed by atoms with Crippen LogP contribution in [0.25, 0.3) is 0 Å². The summed E-state index contributed by atoms with van der Waals surface area (Å²) in [6.45, 7) is 5.92. The van der Waals surface area contributed by atoms with E-state index in [0.717, 1.165) is 49.3 Å². The van der Waals surface area contributed by atoms with Crippen molar-refractivity contribution >= 4 is 5.97 Å². The summed E-state index contributed by atoms with van der Waals surface area (Å²) < 4.78 is 16.4. The van der Waals surface area contributed by atoms with Gasteiger partial charge in [-0.2, -0.15) is 0 Å². The third-order valence-corrected chi connectivity index (χ3v) is 8.08. The summed E-state index contributed by atoms with van der Waals surface area (Å²) in [5.74, 6) is 1.34. The quantitative estimate of drug-likeness (QED) is 0.393. The number of allylic oxidation sites excluding steroid dienone is 1. The number of hydrogen-bond donors (Lipinski definition) is 2. The number of aliphatic hydroxyl groups is 1. The lowest BCUT2D eigenvalue weighted by atomic mass is 9.55. The summed E-state index contributed by atoms with van der Waals surface area (Å²) in [4.78, 5) is 12.7. The highest BCUT2D eigenvalue weighted by Crippen LogP contribution is 2.55. The predicted molar refractivity (Wildman–Crippen MR) is 117 cm³/mol. The van der Waals surface area contributed by atoms with Gasteiger partial charge in [0.25, 0.3) is 0 Å². The highest BCUT2D eigenvalue weighted by Gasteiger charge is 2.60. The average Bonchev–Trinajstić information content (AvgIpc) is 3.08. The summed E-state index contributed by atoms with van der Waals surface area (Å²) >= 11 is 0. The van der Waals surface area contributed by atoms with Crippen LogP contribution in [-0.4, -0.2) is 50.6 Å². The van der Waals surface area contributed by atoms with E-state index in [4.69, 9.17) is 14.2 Å². The van der Waals surface area contributed by atoms with Crippen molar-refractivity contribution in [3.8, 4) is 11.5 Å². The fraction of sp³-hybridized carbons (Fsp3) is 0.640. The Morgan fingerprint density at radius 3 is 2.77 bits per heavy atom. The van der Waals surface area contributed by atoms with Gasteiger partial charge in [0.15, 0.2) is 11.5 Å². The van der Waals surface area contributed by atoms with Crippen molar-refractivity contribution in [2.24, 2.45) is 23.2 Å². The molecule has 1 aromatic carbocycles. The Morgan fingerprint density at radius 1 is 1.26 bits per heavy atom. The molecule has 6 nitrogen and oxygen atoms in total. The number of esters is 1. The smallest absolute Gasteiger partial charge is 0.315 e. The maximum atomic E-state index is 12.7. The third kappa shape index (κ3) is 3.85. The number of benzene rings is 1. The van der Waals surface area contributed by atoms with Crippen molar-refractivity contribution in [1.82, 2.24) is 0 Å². The van der Waals surface area contributed by atoms with Crippen molar-refractivity contribution < 1.29 is 29.4 Å². The van der Waals surface area contributed by atoms with Gasteiger partial charge in [-0.05, 0) is 36.5 Å². The van der Waals surface area contributed by atoms with E-state index in [2.05, 4.69) is 25.2 Å². The normalized spacial score (nSPS) is 34.4. The zero-order chi connectivity index (χ0) is 22.2. The molecule has 170 valence electrons. The van der Waals surface area contributed by atoms with E-state index >= 15 is 0 Å². The van der Waals surface area contributed by atoms with E-state index in [9.17, 15) is 9.90 Å². The minimum atomic E-state index is -0.538. The van der Waals surface area contributed by atoms with Gasteiger partial charge in [-0.3, -0.25) is 4.79 Å². The first kappa shape index (κ1) is 22.2. The molecule has 2 aliphatic carbocycles. The molecule has 0 unspecified atom stereocenters. The standard InChI is InChI=1S/C25H35NO5/c1-15-6-5-7-17-13-21-22(23(27)25(15,17)2)18(24(28)31-21)14-26-11-10-16-8-9-19(29-3)20(12-16)30-4/h7-9,12,15,18,21-23,26-27H,5-6,10-11,13-14H2,1-4H3/p+1/t15-,18-,21+,22+,23-,25+/m0/s1. The molecule has 1 aliphatic heterocycles. The van der Waals surface area contributed by atoms with Crippen LogP contribution in [0.4, 0.5) is 0 Å². The molecule has 6 atom stereocenters. The first-order chi connectivity index (χ1) is 14.9. The molecule has 0 radical (unpaired) electrons. The largest absolute Gasteiger partial charge is 0.493 e. The Kier molecular flexibility index (Phi) is 6.31. The van der Waals surface area contributed by atoms with Gasteiger partial charge in [-0.15, -0.1) is 0 Å². The van der Waals surface area contributed by atoms with E-state index in [1.165, 1.54) is 5.57 Å². The Hall–Kier alpha value is -2.05. The van der Waals surface area contributed by atoms with Crippen molar-refractivity contribution in [2.75, 3.05) is 27.3 Å².